The molecule has 23 heavy (non-hydrogen) atoms. The van der Waals surface area contributed by atoms with Gasteiger partial charge < -0.3 is 29.0 Å². The number of hydrogen-bond acceptors (Lipinski definition) is 7. The zero-order chi connectivity index (χ0) is 17.0. The Labute approximate surface area is 139 Å². The van der Waals surface area contributed by atoms with E-state index in [1.54, 1.807) is 0 Å². The monoisotopic (exact) mass is 340 g/mol. The van der Waals surface area contributed by atoms with E-state index in [0.717, 1.165) is 13.1 Å². The molecule has 0 bridgehead atoms. The van der Waals surface area contributed by atoms with Crippen LogP contribution in [0.3, 0.4) is 0 Å². The molecule has 0 heterocycles. The van der Waals surface area contributed by atoms with Gasteiger partial charge in [-0.05, 0) is 6.54 Å². The number of likely N-dealkylation sites (N-methyl/N-ethyl adjacent to an activating group) is 2. The van der Waals surface area contributed by atoms with E-state index >= 15 is 0 Å². The minimum Gasteiger partial charge on any atom is -0.378 e. The highest BCUT2D eigenvalue weighted by atomic mass is 19.2. The largest absolute Gasteiger partial charge is 0.378 e. The van der Waals surface area contributed by atoms with Crippen molar-refractivity contribution >= 4 is 0 Å². The first-order valence-electron chi connectivity index (χ1n) is 8.23. The quantitative estimate of drug-likeness (QED) is 0.271. The average molecular weight is 340 g/mol. The maximum Gasteiger partial charge on any atom is 0.0701 e. The number of nitrogens with one attached hydrogen (secondary N) is 1. The van der Waals surface area contributed by atoms with Crippen LogP contribution in [0.4, 0.5) is 4.48 Å². The van der Waals surface area contributed by atoms with Crippen LogP contribution in [-0.4, -0.2) is 97.9 Å². The summed E-state index contributed by atoms with van der Waals surface area (Å²) in [5.41, 5.74) is 0. The van der Waals surface area contributed by atoms with Crippen molar-refractivity contribution in [3.8, 4) is 0 Å². The van der Waals surface area contributed by atoms with E-state index in [0.29, 0.717) is 71.2 Å². The molecule has 140 valence electrons. The molecular weight excluding hydrogens is 307 g/mol. The molecule has 0 aromatic heterocycles. The molecule has 0 atom stereocenters. The Morgan fingerprint density at radius 3 is 1.48 bits per heavy atom. The van der Waals surface area contributed by atoms with Gasteiger partial charge in [0.1, 0.15) is 0 Å². The molecule has 0 rings (SSSR count). The van der Waals surface area contributed by atoms with Crippen molar-refractivity contribution in [1.29, 1.82) is 0 Å². The molecule has 0 aliphatic carbocycles. The Morgan fingerprint density at radius 2 is 1.09 bits per heavy atom. The summed E-state index contributed by atoms with van der Waals surface area (Å²) < 4.78 is 38.9. The summed E-state index contributed by atoms with van der Waals surface area (Å²) in [7, 11) is 1.36. The van der Waals surface area contributed by atoms with Gasteiger partial charge in [0.05, 0.1) is 72.6 Å². The third kappa shape index (κ3) is 21.6. The molecule has 8 heteroatoms. The second-order valence-corrected chi connectivity index (χ2v) is 4.74. The standard InChI is InChI=1S/C15H33FN2O5/c1-3-17-4-6-19-8-10-21-12-14-23-15-13-22-11-9-20-7-5-18(2)16/h17H,3-15H2,1-2H3. The van der Waals surface area contributed by atoms with Gasteiger partial charge in [-0.15, -0.1) is 9.60 Å². The zero-order valence-corrected chi connectivity index (χ0v) is 14.6. The van der Waals surface area contributed by atoms with Gasteiger partial charge in [-0.2, -0.15) is 0 Å². The highest BCUT2D eigenvalue weighted by Crippen LogP contribution is 1.85. The van der Waals surface area contributed by atoms with Gasteiger partial charge in [0.2, 0.25) is 0 Å². The first kappa shape index (κ1) is 22.6. The third-order valence-corrected chi connectivity index (χ3v) is 2.70. The summed E-state index contributed by atoms with van der Waals surface area (Å²) >= 11 is 0. The number of hydrogen-bond donors (Lipinski definition) is 1. The Morgan fingerprint density at radius 1 is 0.696 bits per heavy atom. The fraction of sp³-hybridized carbons (Fsp3) is 1.00. The summed E-state index contributed by atoms with van der Waals surface area (Å²) in [5.74, 6) is 0. The molecule has 0 saturated carbocycles. The second-order valence-electron chi connectivity index (χ2n) is 4.74. The van der Waals surface area contributed by atoms with Crippen molar-refractivity contribution in [3.05, 3.63) is 0 Å². The van der Waals surface area contributed by atoms with Crippen LogP contribution in [0.1, 0.15) is 6.92 Å². The molecule has 0 aromatic carbocycles. The molecular formula is C15H33FN2O5. The van der Waals surface area contributed by atoms with Gasteiger partial charge in [-0.1, -0.05) is 6.92 Å². The maximum atomic E-state index is 12.3. The summed E-state index contributed by atoms with van der Waals surface area (Å²) in [6.45, 7) is 9.51. The molecule has 0 fully saturated rings. The van der Waals surface area contributed by atoms with Crippen molar-refractivity contribution < 1.29 is 28.2 Å². The van der Waals surface area contributed by atoms with E-state index in [4.69, 9.17) is 23.7 Å². The summed E-state index contributed by atoms with van der Waals surface area (Å²) in [6, 6.07) is 0. The van der Waals surface area contributed by atoms with Gasteiger partial charge >= 0.3 is 0 Å². The van der Waals surface area contributed by atoms with Crippen LogP contribution in [-0.2, 0) is 23.7 Å². The minimum atomic E-state index is 0.268. The van der Waals surface area contributed by atoms with Crippen molar-refractivity contribution in [1.82, 2.24) is 10.4 Å². The highest BCUT2D eigenvalue weighted by Gasteiger charge is 1.95. The Balaban J connectivity index is 2.95. The average Bonchev–Trinajstić information content (AvgIpc) is 2.53. The lowest BCUT2D eigenvalue weighted by atomic mass is 10.6. The van der Waals surface area contributed by atoms with Crippen LogP contribution < -0.4 is 5.32 Å². The molecule has 0 spiro atoms. The fourth-order valence-electron chi connectivity index (χ4n) is 1.49. The van der Waals surface area contributed by atoms with Gasteiger partial charge in [0.25, 0.3) is 0 Å². The molecule has 1 N–H and O–H groups in total. The smallest absolute Gasteiger partial charge is 0.0701 e. The van der Waals surface area contributed by atoms with Crippen molar-refractivity contribution in [2.75, 3.05) is 92.8 Å². The minimum absolute atomic E-state index is 0.268. The van der Waals surface area contributed by atoms with Crippen LogP contribution in [0.25, 0.3) is 0 Å². The number of rotatable bonds is 19. The normalized spacial score (nSPS) is 11.5. The maximum absolute atomic E-state index is 12.3. The molecule has 0 unspecified atom stereocenters. The van der Waals surface area contributed by atoms with Crippen molar-refractivity contribution in [2.24, 2.45) is 0 Å². The number of nitrogens with zero attached hydrogens (tertiary/aromatic N) is 1. The van der Waals surface area contributed by atoms with Crippen LogP contribution in [0, 0.1) is 0 Å². The third-order valence-electron chi connectivity index (χ3n) is 2.70. The summed E-state index contributed by atoms with van der Waals surface area (Å²) in [6.07, 6.45) is 0. The molecule has 0 aliphatic heterocycles. The van der Waals surface area contributed by atoms with E-state index in [9.17, 15) is 4.48 Å². The van der Waals surface area contributed by atoms with Crippen molar-refractivity contribution in [2.45, 2.75) is 6.92 Å². The molecule has 0 aromatic rings. The van der Waals surface area contributed by atoms with Crippen molar-refractivity contribution in [3.63, 3.8) is 0 Å². The first-order chi connectivity index (χ1) is 11.3. The predicted molar refractivity (Wildman–Crippen MR) is 86.4 cm³/mol. The zero-order valence-electron chi connectivity index (χ0n) is 14.6. The van der Waals surface area contributed by atoms with Crippen LogP contribution >= 0.6 is 0 Å². The summed E-state index contributed by atoms with van der Waals surface area (Å²) in [5, 5.41) is 3.77. The van der Waals surface area contributed by atoms with E-state index in [1.165, 1.54) is 7.05 Å². The molecule has 0 amide bonds. The molecule has 7 nitrogen and oxygen atoms in total. The molecule has 0 aliphatic rings. The second kappa shape index (κ2) is 19.7. The van der Waals surface area contributed by atoms with E-state index < -0.39 is 0 Å². The van der Waals surface area contributed by atoms with Crippen LogP contribution in [0.5, 0.6) is 0 Å². The van der Waals surface area contributed by atoms with Gasteiger partial charge in [-0.3, -0.25) is 0 Å². The summed E-state index contributed by atoms with van der Waals surface area (Å²) in [4.78, 5) is 0. The predicted octanol–water partition coefficient (Wildman–Crippen LogP) is 0.495. The number of ether oxygens (including phenoxy) is 5. The topological polar surface area (TPSA) is 61.4 Å². The van der Waals surface area contributed by atoms with E-state index in [1.807, 2.05) is 0 Å². The van der Waals surface area contributed by atoms with Gasteiger partial charge in [0, 0.05) is 13.6 Å². The SMILES string of the molecule is CCNCCOCCOCCOCCOCCOCCN(C)F. The molecule has 0 saturated heterocycles. The Hall–Kier alpha value is -0.350. The van der Waals surface area contributed by atoms with E-state index in [-0.39, 0.29) is 6.54 Å². The Kier molecular flexibility index (Phi) is 19.4. The molecule has 0 radical (unpaired) electrons. The fourth-order valence-corrected chi connectivity index (χ4v) is 1.49. The number of halogens is 1. The van der Waals surface area contributed by atoms with E-state index in [2.05, 4.69) is 12.2 Å². The first-order valence-corrected chi connectivity index (χ1v) is 8.23. The van der Waals surface area contributed by atoms with Gasteiger partial charge in [0.15, 0.2) is 0 Å². The lowest BCUT2D eigenvalue weighted by Gasteiger charge is -2.08. The van der Waals surface area contributed by atoms with Crippen LogP contribution in [0.2, 0.25) is 0 Å². The van der Waals surface area contributed by atoms with Gasteiger partial charge in [-0.25, -0.2) is 0 Å². The lowest BCUT2D eigenvalue weighted by molar-refractivity contribution is -0.0196. The highest BCUT2D eigenvalue weighted by molar-refractivity contribution is 4.40. The van der Waals surface area contributed by atoms with Crippen LogP contribution in [0.15, 0.2) is 0 Å². The Bertz CT molecular complexity index is 226. The lowest BCUT2D eigenvalue weighted by Crippen LogP contribution is -2.20.